The van der Waals surface area contributed by atoms with E-state index < -0.39 is 0 Å². The van der Waals surface area contributed by atoms with E-state index in [4.69, 9.17) is 0 Å². The lowest BCUT2D eigenvalue weighted by Gasteiger charge is -2.20. The van der Waals surface area contributed by atoms with E-state index in [0.29, 0.717) is 0 Å². The molecule has 0 aliphatic rings. The molecule has 0 saturated heterocycles. The lowest BCUT2D eigenvalue weighted by Crippen LogP contribution is -2.40. The van der Waals surface area contributed by atoms with Gasteiger partial charge >= 0.3 is 0 Å². The van der Waals surface area contributed by atoms with Gasteiger partial charge in [-0.2, -0.15) is 0 Å². The fourth-order valence-corrected chi connectivity index (χ4v) is 1.88. The van der Waals surface area contributed by atoms with Gasteiger partial charge in [0.25, 0.3) is 5.91 Å². The molecule has 1 rings (SSSR count). The van der Waals surface area contributed by atoms with Crippen molar-refractivity contribution in [1.29, 1.82) is 0 Å². The van der Waals surface area contributed by atoms with Gasteiger partial charge in [-0.15, -0.1) is 11.3 Å². The second-order valence-corrected chi connectivity index (χ2v) is 5.04. The van der Waals surface area contributed by atoms with Crippen molar-refractivity contribution < 1.29 is 4.79 Å². The number of aromatic nitrogens is 1. The van der Waals surface area contributed by atoms with E-state index in [1.807, 2.05) is 27.7 Å². The average Bonchev–Trinajstić information content (AvgIpc) is 2.47. The molecular weight excluding hydrogens is 196 g/mol. The molecule has 0 aromatic carbocycles. The summed E-state index contributed by atoms with van der Waals surface area (Å²) in [5, 5.41) is 2.93. The number of nitrogens with one attached hydrogen (secondary N) is 1. The first-order valence-corrected chi connectivity index (χ1v) is 5.57. The Morgan fingerprint density at radius 2 is 2.21 bits per heavy atom. The Morgan fingerprint density at radius 3 is 2.71 bits per heavy atom. The first kappa shape index (κ1) is 11.2. The third kappa shape index (κ3) is 2.80. The molecule has 3 nitrogen and oxygen atoms in total. The summed E-state index contributed by atoms with van der Waals surface area (Å²) in [6.07, 6.45) is 0.802. The molecule has 1 heterocycles. The van der Waals surface area contributed by atoms with Crippen LogP contribution < -0.4 is 5.32 Å². The van der Waals surface area contributed by atoms with Crippen LogP contribution in [0.2, 0.25) is 0 Å². The van der Waals surface area contributed by atoms with Crippen LogP contribution in [0.5, 0.6) is 0 Å². The highest BCUT2D eigenvalue weighted by Crippen LogP contribution is 2.15. The summed E-state index contributed by atoms with van der Waals surface area (Å²) in [7, 11) is 0. The van der Waals surface area contributed by atoms with Crippen molar-refractivity contribution in [2.45, 2.75) is 39.7 Å². The van der Waals surface area contributed by atoms with Crippen LogP contribution in [0, 0.1) is 0 Å². The Labute approximate surface area is 88.6 Å². The Balaban J connectivity index is 2.80. The molecule has 0 aliphatic carbocycles. The van der Waals surface area contributed by atoms with Crippen LogP contribution in [-0.2, 0) is 6.42 Å². The SMILES string of the molecule is CCc1ncsc1C(=O)NC(C)(C)C. The number of nitrogens with zero attached hydrogens (tertiary/aromatic N) is 1. The van der Waals surface area contributed by atoms with Crippen LogP contribution in [-0.4, -0.2) is 16.4 Å². The maximum Gasteiger partial charge on any atom is 0.263 e. The zero-order chi connectivity index (χ0) is 10.8. The second-order valence-electron chi connectivity index (χ2n) is 4.19. The van der Waals surface area contributed by atoms with Crippen LogP contribution in [0.15, 0.2) is 5.51 Å². The number of carbonyl (C=O) groups excluding carboxylic acids is 1. The molecule has 0 unspecified atom stereocenters. The summed E-state index contributed by atoms with van der Waals surface area (Å²) < 4.78 is 0. The van der Waals surface area contributed by atoms with Crippen LogP contribution in [0.25, 0.3) is 0 Å². The Morgan fingerprint density at radius 1 is 1.57 bits per heavy atom. The number of rotatable bonds is 2. The lowest BCUT2D eigenvalue weighted by atomic mass is 10.1. The molecule has 1 aromatic rings. The number of aryl methyl sites for hydroxylation is 1. The highest BCUT2D eigenvalue weighted by atomic mass is 32.1. The van der Waals surface area contributed by atoms with Crippen molar-refractivity contribution in [3.05, 3.63) is 16.1 Å². The quantitative estimate of drug-likeness (QED) is 0.817. The first-order valence-electron chi connectivity index (χ1n) is 4.69. The van der Waals surface area contributed by atoms with Gasteiger partial charge in [-0.25, -0.2) is 4.98 Å². The predicted molar refractivity (Wildman–Crippen MR) is 58.7 cm³/mol. The molecule has 0 radical (unpaired) electrons. The van der Waals surface area contributed by atoms with Gasteiger partial charge in [-0.05, 0) is 27.2 Å². The maximum atomic E-state index is 11.8. The van der Waals surface area contributed by atoms with E-state index in [2.05, 4.69) is 10.3 Å². The van der Waals surface area contributed by atoms with Crippen molar-refractivity contribution in [1.82, 2.24) is 10.3 Å². The number of hydrogen-bond donors (Lipinski definition) is 1. The highest BCUT2D eigenvalue weighted by Gasteiger charge is 2.18. The van der Waals surface area contributed by atoms with Gasteiger partial charge in [0.15, 0.2) is 0 Å². The van der Waals surface area contributed by atoms with Gasteiger partial charge in [0, 0.05) is 5.54 Å². The zero-order valence-corrected chi connectivity index (χ0v) is 9.86. The van der Waals surface area contributed by atoms with Crippen molar-refractivity contribution in [2.24, 2.45) is 0 Å². The zero-order valence-electron chi connectivity index (χ0n) is 9.05. The van der Waals surface area contributed by atoms with E-state index in [1.54, 1.807) is 5.51 Å². The fraction of sp³-hybridized carbons (Fsp3) is 0.600. The molecular formula is C10H16N2OS. The molecule has 0 atom stereocenters. The molecule has 0 spiro atoms. The molecule has 1 aromatic heterocycles. The van der Waals surface area contributed by atoms with E-state index in [0.717, 1.165) is 17.0 Å². The third-order valence-corrected chi connectivity index (χ3v) is 2.54. The van der Waals surface area contributed by atoms with E-state index in [9.17, 15) is 4.79 Å². The normalized spacial score (nSPS) is 11.4. The minimum Gasteiger partial charge on any atom is -0.347 e. The van der Waals surface area contributed by atoms with Gasteiger partial charge in [-0.1, -0.05) is 6.92 Å². The first-order chi connectivity index (χ1) is 6.44. The minimum atomic E-state index is -0.188. The molecule has 78 valence electrons. The molecule has 4 heteroatoms. The molecule has 0 bridgehead atoms. The molecule has 0 aliphatic heterocycles. The molecule has 0 saturated carbocycles. The largest absolute Gasteiger partial charge is 0.347 e. The summed E-state index contributed by atoms with van der Waals surface area (Å²) in [6, 6.07) is 0. The Bertz CT molecular complexity index is 325. The monoisotopic (exact) mass is 212 g/mol. The minimum absolute atomic E-state index is 0.0168. The van der Waals surface area contributed by atoms with Crippen LogP contribution in [0.1, 0.15) is 43.1 Å². The fourth-order valence-electron chi connectivity index (χ4n) is 1.10. The average molecular weight is 212 g/mol. The van der Waals surface area contributed by atoms with Crippen LogP contribution in [0.4, 0.5) is 0 Å². The van der Waals surface area contributed by atoms with Crippen LogP contribution >= 0.6 is 11.3 Å². The highest BCUT2D eigenvalue weighted by molar-refractivity contribution is 7.11. The lowest BCUT2D eigenvalue weighted by molar-refractivity contribution is 0.0922. The number of hydrogen-bond acceptors (Lipinski definition) is 3. The van der Waals surface area contributed by atoms with Crippen molar-refractivity contribution in [3.8, 4) is 0 Å². The molecule has 1 amide bonds. The van der Waals surface area contributed by atoms with Crippen molar-refractivity contribution in [2.75, 3.05) is 0 Å². The van der Waals surface area contributed by atoms with Crippen molar-refractivity contribution >= 4 is 17.2 Å². The molecule has 0 fully saturated rings. The predicted octanol–water partition coefficient (Wildman–Crippen LogP) is 2.23. The molecule has 14 heavy (non-hydrogen) atoms. The molecule has 1 N–H and O–H groups in total. The second kappa shape index (κ2) is 4.09. The summed E-state index contributed by atoms with van der Waals surface area (Å²) in [4.78, 5) is 16.6. The number of thiazole rings is 1. The van der Waals surface area contributed by atoms with Crippen molar-refractivity contribution in [3.63, 3.8) is 0 Å². The number of amides is 1. The maximum absolute atomic E-state index is 11.8. The van der Waals surface area contributed by atoms with E-state index >= 15 is 0 Å². The Kier molecular flexibility index (Phi) is 3.26. The third-order valence-electron chi connectivity index (χ3n) is 1.67. The topological polar surface area (TPSA) is 42.0 Å². The Hall–Kier alpha value is -0.900. The van der Waals surface area contributed by atoms with Crippen LogP contribution in [0.3, 0.4) is 0 Å². The van der Waals surface area contributed by atoms with Gasteiger partial charge < -0.3 is 5.32 Å². The van der Waals surface area contributed by atoms with E-state index in [1.165, 1.54) is 11.3 Å². The summed E-state index contributed by atoms with van der Waals surface area (Å²) >= 11 is 1.40. The van der Waals surface area contributed by atoms with Gasteiger partial charge in [0.05, 0.1) is 11.2 Å². The standard InChI is InChI=1S/C10H16N2OS/c1-5-7-8(14-6-11-7)9(13)12-10(2,3)4/h6H,5H2,1-4H3,(H,12,13). The summed E-state index contributed by atoms with van der Waals surface area (Å²) in [5.74, 6) is -0.0168. The van der Waals surface area contributed by atoms with E-state index in [-0.39, 0.29) is 11.4 Å². The smallest absolute Gasteiger partial charge is 0.263 e. The van der Waals surface area contributed by atoms with Gasteiger partial charge in [0.1, 0.15) is 4.88 Å². The van der Waals surface area contributed by atoms with Gasteiger partial charge in [-0.3, -0.25) is 4.79 Å². The van der Waals surface area contributed by atoms with Gasteiger partial charge in [0.2, 0.25) is 0 Å². The summed E-state index contributed by atoms with van der Waals surface area (Å²) in [6.45, 7) is 7.91. The number of carbonyl (C=O) groups is 1. The summed E-state index contributed by atoms with van der Waals surface area (Å²) in [5.41, 5.74) is 2.42.